The normalized spacial score (nSPS) is 9.83. The standard InChI is InChI=1S/C13H13N3O2/c14-9-4-3-5-10(8-9)18-13(17)11-6-1-2-7-12(11)16-15/h1-8,16H,14-15H2. The molecule has 2 aromatic carbocycles. The fourth-order valence-corrected chi connectivity index (χ4v) is 1.53. The molecule has 0 fully saturated rings. The molecule has 0 aromatic heterocycles. The van der Waals surface area contributed by atoms with Gasteiger partial charge in [0.1, 0.15) is 5.75 Å². The van der Waals surface area contributed by atoms with Crippen molar-refractivity contribution in [1.29, 1.82) is 0 Å². The quantitative estimate of drug-likeness (QED) is 0.251. The molecule has 0 bridgehead atoms. The van der Waals surface area contributed by atoms with Crippen LogP contribution in [0, 0.1) is 0 Å². The van der Waals surface area contributed by atoms with E-state index in [0.717, 1.165) is 0 Å². The Labute approximate surface area is 104 Å². The van der Waals surface area contributed by atoms with Gasteiger partial charge < -0.3 is 15.9 Å². The largest absolute Gasteiger partial charge is 0.423 e. The fourth-order valence-electron chi connectivity index (χ4n) is 1.53. The first kappa shape index (κ1) is 11.9. The average Bonchev–Trinajstić information content (AvgIpc) is 2.38. The minimum absolute atomic E-state index is 0.363. The van der Waals surface area contributed by atoms with Gasteiger partial charge in [0.25, 0.3) is 0 Å². The highest BCUT2D eigenvalue weighted by atomic mass is 16.5. The van der Waals surface area contributed by atoms with E-state index < -0.39 is 5.97 Å². The molecule has 0 aliphatic heterocycles. The third-order valence-corrected chi connectivity index (χ3v) is 2.37. The Hall–Kier alpha value is -2.53. The van der Waals surface area contributed by atoms with Crippen molar-refractivity contribution in [3.63, 3.8) is 0 Å². The smallest absolute Gasteiger partial charge is 0.345 e. The summed E-state index contributed by atoms with van der Waals surface area (Å²) in [5, 5.41) is 0. The molecule has 5 heteroatoms. The zero-order valence-corrected chi connectivity index (χ0v) is 9.59. The third-order valence-electron chi connectivity index (χ3n) is 2.37. The Bertz CT molecular complexity index is 570. The molecule has 18 heavy (non-hydrogen) atoms. The summed E-state index contributed by atoms with van der Waals surface area (Å²) in [5.74, 6) is 5.23. The fraction of sp³-hybridized carbons (Fsp3) is 0. The van der Waals surface area contributed by atoms with Crippen LogP contribution in [0.5, 0.6) is 5.75 Å². The molecule has 0 amide bonds. The van der Waals surface area contributed by atoms with Crippen molar-refractivity contribution in [2.24, 2.45) is 5.84 Å². The van der Waals surface area contributed by atoms with Gasteiger partial charge in [-0.1, -0.05) is 18.2 Å². The van der Waals surface area contributed by atoms with E-state index in [1.807, 2.05) is 0 Å². The molecule has 0 saturated carbocycles. The second-order valence-electron chi connectivity index (χ2n) is 3.65. The minimum Gasteiger partial charge on any atom is -0.423 e. The zero-order chi connectivity index (χ0) is 13.0. The highest BCUT2D eigenvalue weighted by molar-refractivity contribution is 5.96. The molecule has 92 valence electrons. The Morgan fingerprint density at radius 1 is 1.11 bits per heavy atom. The number of rotatable bonds is 3. The van der Waals surface area contributed by atoms with Gasteiger partial charge in [-0.3, -0.25) is 5.84 Å². The number of para-hydroxylation sites is 1. The van der Waals surface area contributed by atoms with Crippen LogP contribution in [-0.4, -0.2) is 5.97 Å². The second kappa shape index (κ2) is 5.20. The highest BCUT2D eigenvalue weighted by Crippen LogP contribution is 2.19. The number of carbonyl (C=O) groups is 1. The van der Waals surface area contributed by atoms with Crippen LogP contribution in [-0.2, 0) is 0 Å². The van der Waals surface area contributed by atoms with Crippen molar-refractivity contribution in [3.8, 4) is 5.75 Å². The lowest BCUT2D eigenvalue weighted by atomic mass is 10.2. The van der Waals surface area contributed by atoms with Gasteiger partial charge in [0.2, 0.25) is 0 Å². The SMILES string of the molecule is NNc1ccccc1C(=O)Oc1cccc(N)c1. The lowest BCUT2D eigenvalue weighted by molar-refractivity contribution is 0.0736. The monoisotopic (exact) mass is 243 g/mol. The Morgan fingerprint density at radius 2 is 1.89 bits per heavy atom. The van der Waals surface area contributed by atoms with Crippen molar-refractivity contribution < 1.29 is 9.53 Å². The van der Waals surface area contributed by atoms with Crippen LogP contribution in [0.15, 0.2) is 48.5 Å². The van der Waals surface area contributed by atoms with Crippen molar-refractivity contribution in [1.82, 2.24) is 0 Å². The van der Waals surface area contributed by atoms with Gasteiger partial charge in [-0.2, -0.15) is 0 Å². The van der Waals surface area contributed by atoms with Crippen LogP contribution < -0.4 is 21.7 Å². The van der Waals surface area contributed by atoms with Crippen molar-refractivity contribution in [2.45, 2.75) is 0 Å². The molecule has 0 heterocycles. The first-order chi connectivity index (χ1) is 8.70. The summed E-state index contributed by atoms with van der Waals surface area (Å²) >= 11 is 0. The van der Waals surface area contributed by atoms with E-state index in [0.29, 0.717) is 22.7 Å². The number of hydrazine groups is 1. The number of nitrogens with two attached hydrogens (primary N) is 2. The second-order valence-corrected chi connectivity index (χ2v) is 3.65. The van der Waals surface area contributed by atoms with E-state index in [1.54, 1.807) is 48.5 Å². The van der Waals surface area contributed by atoms with Gasteiger partial charge in [0.05, 0.1) is 11.3 Å². The maximum absolute atomic E-state index is 11.9. The number of hydrogen-bond donors (Lipinski definition) is 3. The summed E-state index contributed by atoms with van der Waals surface area (Å²) in [4.78, 5) is 11.9. The number of nitrogens with one attached hydrogen (secondary N) is 1. The first-order valence-electron chi connectivity index (χ1n) is 5.34. The summed E-state index contributed by atoms with van der Waals surface area (Å²) in [5.41, 5.74) is 9.46. The molecule has 5 N–H and O–H groups in total. The highest BCUT2D eigenvalue weighted by Gasteiger charge is 2.12. The number of carbonyl (C=O) groups excluding carboxylic acids is 1. The number of benzene rings is 2. The third kappa shape index (κ3) is 2.58. The first-order valence-corrected chi connectivity index (χ1v) is 5.34. The number of anilines is 2. The number of ether oxygens (including phenoxy) is 1. The molecular weight excluding hydrogens is 230 g/mol. The van der Waals surface area contributed by atoms with Crippen molar-refractivity contribution in [2.75, 3.05) is 11.2 Å². The van der Waals surface area contributed by atoms with Crippen LogP contribution in [0.25, 0.3) is 0 Å². The predicted octanol–water partition coefficient (Wildman–Crippen LogP) is 1.77. The molecule has 0 aliphatic carbocycles. The molecular formula is C13H13N3O2. The molecule has 0 saturated heterocycles. The van der Waals surface area contributed by atoms with Gasteiger partial charge in [0.15, 0.2) is 0 Å². The summed E-state index contributed by atoms with van der Waals surface area (Å²) in [6.07, 6.45) is 0. The maximum atomic E-state index is 11.9. The van der Waals surface area contributed by atoms with E-state index in [2.05, 4.69) is 5.43 Å². The molecule has 0 aliphatic rings. The molecule has 2 aromatic rings. The predicted molar refractivity (Wildman–Crippen MR) is 70.1 cm³/mol. The summed E-state index contributed by atoms with van der Waals surface area (Å²) in [7, 11) is 0. The van der Waals surface area contributed by atoms with E-state index in [4.69, 9.17) is 16.3 Å². The van der Waals surface area contributed by atoms with Crippen LogP contribution in [0.2, 0.25) is 0 Å². The van der Waals surface area contributed by atoms with E-state index >= 15 is 0 Å². The Balaban J connectivity index is 2.22. The minimum atomic E-state index is -0.492. The maximum Gasteiger partial charge on any atom is 0.345 e. The summed E-state index contributed by atoms with van der Waals surface area (Å²) in [6.45, 7) is 0. The van der Waals surface area contributed by atoms with Crippen molar-refractivity contribution >= 4 is 17.3 Å². The zero-order valence-electron chi connectivity index (χ0n) is 9.59. The Morgan fingerprint density at radius 3 is 2.61 bits per heavy atom. The molecule has 5 nitrogen and oxygen atoms in total. The van der Waals surface area contributed by atoms with E-state index in [1.165, 1.54) is 0 Å². The van der Waals surface area contributed by atoms with Crippen LogP contribution in [0.3, 0.4) is 0 Å². The van der Waals surface area contributed by atoms with Gasteiger partial charge in [-0.25, -0.2) is 4.79 Å². The molecule has 0 spiro atoms. The van der Waals surface area contributed by atoms with Gasteiger partial charge in [-0.15, -0.1) is 0 Å². The van der Waals surface area contributed by atoms with Gasteiger partial charge >= 0.3 is 5.97 Å². The Kier molecular flexibility index (Phi) is 3.45. The molecule has 0 radical (unpaired) electrons. The average molecular weight is 243 g/mol. The molecule has 0 unspecified atom stereocenters. The van der Waals surface area contributed by atoms with Crippen molar-refractivity contribution in [3.05, 3.63) is 54.1 Å². The van der Waals surface area contributed by atoms with Crippen LogP contribution >= 0.6 is 0 Å². The molecule has 0 atom stereocenters. The van der Waals surface area contributed by atoms with Crippen LogP contribution in [0.4, 0.5) is 11.4 Å². The van der Waals surface area contributed by atoms with E-state index in [-0.39, 0.29) is 0 Å². The summed E-state index contributed by atoms with van der Waals surface area (Å²) < 4.78 is 5.21. The van der Waals surface area contributed by atoms with E-state index in [9.17, 15) is 4.79 Å². The molecule has 2 rings (SSSR count). The lowest BCUT2D eigenvalue weighted by Gasteiger charge is -2.08. The lowest BCUT2D eigenvalue weighted by Crippen LogP contribution is -2.15. The summed E-state index contributed by atoms with van der Waals surface area (Å²) in [6, 6.07) is 13.5. The number of esters is 1. The number of nitrogen functional groups attached to an aromatic ring is 2. The number of hydrogen-bond acceptors (Lipinski definition) is 5. The van der Waals surface area contributed by atoms with Gasteiger partial charge in [0, 0.05) is 11.8 Å². The van der Waals surface area contributed by atoms with Gasteiger partial charge in [-0.05, 0) is 24.3 Å². The van der Waals surface area contributed by atoms with Crippen LogP contribution in [0.1, 0.15) is 10.4 Å². The topological polar surface area (TPSA) is 90.4 Å².